The quantitative estimate of drug-likeness (QED) is 0.363. The Labute approximate surface area is 118 Å². The van der Waals surface area contributed by atoms with Crippen molar-refractivity contribution in [1.29, 1.82) is 0 Å². The molecule has 0 rings (SSSR count). The van der Waals surface area contributed by atoms with E-state index >= 15 is 0 Å². The summed E-state index contributed by atoms with van der Waals surface area (Å²) in [6.07, 6.45) is 3.03. The van der Waals surface area contributed by atoms with Crippen LogP contribution >= 0.6 is 0 Å². The van der Waals surface area contributed by atoms with E-state index in [-0.39, 0.29) is 24.2 Å². The lowest BCUT2D eigenvalue weighted by atomic mass is 9.99. The fourth-order valence-corrected chi connectivity index (χ4v) is 1.78. The van der Waals surface area contributed by atoms with Crippen LogP contribution in [0.25, 0.3) is 0 Å². The molecule has 0 aromatic carbocycles. The standard InChI is InChI=1S/C14H22O6/c1-3-5-6-7-8-10(13(16)17)11(14(18)19)9-12(15)20-4-2/h3-9H2,1-2H3,(H,16,17)(H,18,19)/b11-10-. The van der Waals surface area contributed by atoms with Crippen LogP contribution in [0.15, 0.2) is 11.1 Å². The van der Waals surface area contributed by atoms with E-state index in [0.29, 0.717) is 6.42 Å². The molecular weight excluding hydrogens is 264 g/mol. The van der Waals surface area contributed by atoms with Gasteiger partial charge in [-0.2, -0.15) is 0 Å². The predicted octanol–water partition coefficient (Wildman–Crippen LogP) is 2.38. The number of hydrogen-bond acceptors (Lipinski definition) is 4. The number of carboxylic acids is 2. The highest BCUT2D eigenvalue weighted by Gasteiger charge is 2.22. The highest BCUT2D eigenvalue weighted by atomic mass is 16.5. The Bertz CT molecular complexity index is 383. The molecule has 6 heteroatoms. The number of carboxylic acid groups (broad SMARTS) is 2. The Kier molecular flexibility index (Phi) is 9.07. The first-order chi connectivity index (χ1) is 9.43. The van der Waals surface area contributed by atoms with Gasteiger partial charge in [0.2, 0.25) is 0 Å². The lowest BCUT2D eigenvalue weighted by molar-refractivity contribution is -0.144. The van der Waals surface area contributed by atoms with E-state index in [9.17, 15) is 14.4 Å². The maximum absolute atomic E-state index is 11.3. The zero-order valence-electron chi connectivity index (χ0n) is 12.0. The molecule has 2 N–H and O–H groups in total. The second-order valence-electron chi connectivity index (χ2n) is 4.36. The molecule has 0 saturated heterocycles. The van der Waals surface area contributed by atoms with Gasteiger partial charge in [-0.3, -0.25) is 4.79 Å². The summed E-state index contributed by atoms with van der Waals surface area (Å²) >= 11 is 0. The number of aliphatic carboxylic acids is 2. The molecule has 0 aromatic rings. The van der Waals surface area contributed by atoms with Crippen molar-refractivity contribution in [2.45, 2.75) is 52.4 Å². The Morgan fingerprint density at radius 3 is 1.95 bits per heavy atom. The number of esters is 1. The normalized spacial score (nSPS) is 11.7. The molecule has 0 unspecified atom stereocenters. The van der Waals surface area contributed by atoms with Crippen molar-refractivity contribution in [3.05, 3.63) is 11.1 Å². The minimum absolute atomic E-state index is 0.130. The van der Waals surface area contributed by atoms with Gasteiger partial charge < -0.3 is 14.9 Å². The first kappa shape index (κ1) is 18.1. The van der Waals surface area contributed by atoms with Gasteiger partial charge in [-0.1, -0.05) is 26.2 Å². The average molecular weight is 286 g/mol. The molecule has 0 fully saturated rings. The molecule has 0 amide bonds. The van der Waals surface area contributed by atoms with Gasteiger partial charge in [-0.05, 0) is 19.8 Å². The zero-order chi connectivity index (χ0) is 15.5. The van der Waals surface area contributed by atoms with Gasteiger partial charge in [0.15, 0.2) is 0 Å². The summed E-state index contributed by atoms with van der Waals surface area (Å²) in [6, 6.07) is 0. The molecule has 0 radical (unpaired) electrons. The van der Waals surface area contributed by atoms with Crippen LogP contribution in [0.3, 0.4) is 0 Å². The smallest absolute Gasteiger partial charge is 0.332 e. The molecule has 6 nitrogen and oxygen atoms in total. The van der Waals surface area contributed by atoms with Crippen molar-refractivity contribution in [2.24, 2.45) is 0 Å². The van der Waals surface area contributed by atoms with Crippen LogP contribution in [0, 0.1) is 0 Å². The van der Waals surface area contributed by atoms with Gasteiger partial charge in [0.1, 0.15) is 0 Å². The minimum atomic E-state index is -1.38. The van der Waals surface area contributed by atoms with Crippen LogP contribution in [0.5, 0.6) is 0 Å². The third-order valence-electron chi connectivity index (χ3n) is 2.79. The van der Waals surface area contributed by atoms with Gasteiger partial charge in [0.05, 0.1) is 18.6 Å². The first-order valence-electron chi connectivity index (χ1n) is 6.78. The average Bonchev–Trinajstić information content (AvgIpc) is 2.36. The van der Waals surface area contributed by atoms with Gasteiger partial charge in [-0.25, -0.2) is 9.59 Å². The van der Waals surface area contributed by atoms with Gasteiger partial charge in [0.25, 0.3) is 0 Å². The van der Waals surface area contributed by atoms with E-state index < -0.39 is 24.3 Å². The first-order valence-corrected chi connectivity index (χ1v) is 6.78. The van der Waals surface area contributed by atoms with Crippen LogP contribution in [-0.4, -0.2) is 34.7 Å². The number of carbonyl (C=O) groups is 3. The Hall–Kier alpha value is -1.85. The second-order valence-corrected chi connectivity index (χ2v) is 4.36. The van der Waals surface area contributed by atoms with Crippen LogP contribution in [0.1, 0.15) is 52.4 Å². The van der Waals surface area contributed by atoms with Crippen molar-refractivity contribution >= 4 is 17.9 Å². The van der Waals surface area contributed by atoms with E-state index in [2.05, 4.69) is 4.74 Å². The van der Waals surface area contributed by atoms with E-state index in [4.69, 9.17) is 10.2 Å². The molecule has 0 aliphatic carbocycles. The van der Waals surface area contributed by atoms with Crippen LogP contribution < -0.4 is 0 Å². The molecule has 0 spiro atoms. The van der Waals surface area contributed by atoms with Crippen molar-refractivity contribution < 1.29 is 29.3 Å². The van der Waals surface area contributed by atoms with Crippen molar-refractivity contribution in [2.75, 3.05) is 6.61 Å². The number of rotatable bonds is 10. The maximum atomic E-state index is 11.3. The molecule has 0 aliphatic heterocycles. The van der Waals surface area contributed by atoms with Gasteiger partial charge >= 0.3 is 17.9 Å². The SMILES string of the molecule is CCCCCC/C(C(=O)O)=C(\CC(=O)OCC)C(=O)O. The lowest BCUT2D eigenvalue weighted by Crippen LogP contribution is -2.16. The summed E-state index contributed by atoms with van der Waals surface area (Å²) < 4.78 is 4.67. The topological polar surface area (TPSA) is 101 Å². The maximum Gasteiger partial charge on any atom is 0.332 e. The molecule has 0 bridgehead atoms. The lowest BCUT2D eigenvalue weighted by Gasteiger charge is -2.08. The fourth-order valence-electron chi connectivity index (χ4n) is 1.78. The van der Waals surface area contributed by atoms with E-state index in [1.165, 1.54) is 0 Å². The highest BCUT2D eigenvalue weighted by Crippen LogP contribution is 2.18. The third kappa shape index (κ3) is 6.92. The molecule has 0 aromatic heterocycles. The number of ether oxygens (including phenoxy) is 1. The molecule has 0 aliphatic rings. The van der Waals surface area contributed by atoms with Gasteiger partial charge in [-0.15, -0.1) is 0 Å². The van der Waals surface area contributed by atoms with Crippen molar-refractivity contribution in [3.8, 4) is 0 Å². The Morgan fingerprint density at radius 1 is 0.900 bits per heavy atom. The van der Waals surface area contributed by atoms with Crippen LogP contribution in [0.2, 0.25) is 0 Å². The number of hydrogen-bond donors (Lipinski definition) is 2. The third-order valence-corrected chi connectivity index (χ3v) is 2.79. The molecule has 114 valence electrons. The van der Waals surface area contributed by atoms with Gasteiger partial charge in [0, 0.05) is 5.57 Å². The molecule has 0 saturated carbocycles. The summed E-state index contributed by atoms with van der Waals surface area (Å²) in [5, 5.41) is 18.2. The zero-order valence-corrected chi connectivity index (χ0v) is 12.0. The number of carbonyl (C=O) groups excluding carboxylic acids is 1. The summed E-state index contributed by atoms with van der Waals surface area (Å²) in [6.45, 7) is 3.76. The summed E-state index contributed by atoms with van der Waals surface area (Å²) in [7, 11) is 0. The second kappa shape index (κ2) is 10.00. The predicted molar refractivity (Wildman–Crippen MR) is 72.3 cm³/mol. The highest BCUT2D eigenvalue weighted by molar-refractivity contribution is 6.01. The van der Waals surface area contributed by atoms with Crippen molar-refractivity contribution in [3.63, 3.8) is 0 Å². The summed E-state index contributed by atoms with van der Waals surface area (Å²) in [5.41, 5.74) is -0.589. The molecule has 0 atom stereocenters. The molecule has 20 heavy (non-hydrogen) atoms. The summed E-state index contributed by atoms with van der Waals surface area (Å²) in [5.74, 6) is -3.40. The van der Waals surface area contributed by atoms with E-state index in [1.807, 2.05) is 6.92 Å². The number of unbranched alkanes of at least 4 members (excludes halogenated alkanes) is 3. The van der Waals surface area contributed by atoms with Crippen LogP contribution in [-0.2, 0) is 19.1 Å². The minimum Gasteiger partial charge on any atom is -0.478 e. The molecule has 0 heterocycles. The monoisotopic (exact) mass is 286 g/mol. The fraction of sp³-hybridized carbons (Fsp3) is 0.643. The Morgan fingerprint density at radius 2 is 1.50 bits per heavy atom. The van der Waals surface area contributed by atoms with E-state index in [0.717, 1.165) is 19.3 Å². The molecular formula is C14H22O6. The van der Waals surface area contributed by atoms with E-state index in [1.54, 1.807) is 6.92 Å². The van der Waals surface area contributed by atoms with Crippen LogP contribution in [0.4, 0.5) is 0 Å². The van der Waals surface area contributed by atoms with Crippen molar-refractivity contribution in [1.82, 2.24) is 0 Å². The summed E-state index contributed by atoms with van der Waals surface area (Å²) in [4.78, 5) is 33.7. The Balaban J connectivity index is 4.99. The largest absolute Gasteiger partial charge is 0.478 e.